The number of pyridine rings is 1. The highest BCUT2D eigenvalue weighted by Crippen LogP contribution is 2.18. The second kappa shape index (κ2) is 2.45. The van der Waals surface area contributed by atoms with Gasteiger partial charge in [0.05, 0.1) is 16.2 Å². The van der Waals surface area contributed by atoms with E-state index in [0.29, 0.717) is 10.3 Å². The third-order valence-electron chi connectivity index (χ3n) is 1.52. The Morgan fingerprint density at radius 3 is 3.00 bits per heavy atom. The van der Waals surface area contributed by atoms with Crippen LogP contribution in [0.5, 0.6) is 0 Å². The third-order valence-corrected chi connectivity index (χ3v) is 2.13. The van der Waals surface area contributed by atoms with Crippen molar-refractivity contribution in [2.24, 2.45) is 0 Å². The van der Waals surface area contributed by atoms with Crippen molar-refractivity contribution in [3.8, 4) is 0 Å². The molecular formula is C7H5BrFN3. The van der Waals surface area contributed by atoms with Crippen LogP contribution in [0.2, 0.25) is 0 Å². The second-order valence-corrected chi connectivity index (χ2v) is 3.26. The van der Waals surface area contributed by atoms with Gasteiger partial charge in [-0.05, 0) is 22.0 Å². The van der Waals surface area contributed by atoms with Gasteiger partial charge < -0.3 is 5.73 Å². The summed E-state index contributed by atoms with van der Waals surface area (Å²) < 4.78 is 14.7. The van der Waals surface area contributed by atoms with Crippen molar-refractivity contribution >= 4 is 27.3 Å². The molecule has 0 aromatic carbocycles. The first-order valence-electron chi connectivity index (χ1n) is 3.27. The Hall–Kier alpha value is -1.10. The van der Waals surface area contributed by atoms with Gasteiger partial charge in [-0.2, -0.15) is 5.10 Å². The summed E-state index contributed by atoms with van der Waals surface area (Å²) in [5.41, 5.74) is 6.19. The molecule has 0 aliphatic rings. The molecule has 0 saturated carbocycles. The van der Waals surface area contributed by atoms with Crippen LogP contribution in [0, 0.1) is 5.82 Å². The van der Waals surface area contributed by atoms with Crippen LogP contribution in [0.25, 0.3) is 5.52 Å². The van der Waals surface area contributed by atoms with Crippen LogP contribution < -0.4 is 5.73 Å². The van der Waals surface area contributed by atoms with Gasteiger partial charge in [-0.15, -0.1) is 0 Å². The zero-order chi connectivity index (χ0) is 8.72. The zero-order valence-electron chi connectivity index (χ0n) is 5.96. The van der Waals surface area contributed by atoms with Crippen molar-refractivity contribution in [1.29, 1.82) is 0 Å². The number of halogens is 2. The van der Waals surface area contributed by atoms with E-state index in [1.165, 1.54) is 10.7 Å². The lowest BCUT2D eigenvalue weighted by molar-refractivity contribution is 0.608. The molecule has 0 aliphatic heterocycles. The van der Waals surface area contributed by atoms with E-state index >= 15 is 0 Å². The van der Waals surface area contributed by atoms with Crippen molar-refractivity contribution in [3.63, 3.8) is 0 Å². The fourth-order valence-electron chi connectivity index (χ4n) is 1.01. The third kappa shape index (κ3) is 1.06. The molecule has 0 radical (unpaired) electrons. The highest BCUT2D eigenvalue weighted by atomic mass is 79.9. The van der Waals surface area contributed by atoms with E-state index in [4.69, 9.17) is 5.73 Å². The fraction of sp³-hybridized carbons (Fsp3) is 0. The maximum Gasteiger partial charge on any atom is 0.155 e. The van der Waals surface area contributed by atoms with Crippen molar-refractivity contribution in [1.82, 2.24) is 9.61 Å². The van der Waals surface area contributed by atoms with Gasteiger partial charge in [0.25, 0.3) is 0 Å². The standard InChI is InChI=1S/C7H5BrFN3/c8-5-1-4-2-7(10)11-12(4)3-6(5)9/h1-3H,(H2,10,11). The molecule has 2 heterocycles. The molecule has 3 nitrogen and oxygen atoms in total. The number of rotatable bonds is 0. The number of hydrogen-bond donors (Lipinski definition) is 1. The molecule has 0 unspecified atom stereocenters. The van der Waals surface area contributed by atoms with Gasteiger partial charge in [-0.25, -0.2) is 8.91 Å². The Bertz CT molecular complexity index is 398. The smallest absolute Gasteiger partial charge is 0.155 e. The highest BCUT2D eigenvalue weighted by molar-refractivity contribution is 9.10. The average Bonchev–Trinajstić information content (AvgIpc) is 2.30. The summed E-state index contributed by atoms with van der Waals surface area (Å²) in [6, 6.07) is 3.29. The maximum atomic E-state index is 12.9. The van der Waals surface area contributed by atoms with Crippen LogP contribution in [0.4, 0.5) is 10.2 Å². The molecule has 2 aromatic rings. The summed E-state index contributed by atoms with van der Waals surface area (Å²) in [7, 11) is 0. The first-order chi connectivity index (χ1) is 5.66. The minimum absolute atomic E-state index is 0.356. The molecule has 12 heavy (non-hydrogen) atoms. The van der Waals surface area contributed by atoms with Gasteiger partial charge in [0.2, 0.25) is 0 Å². The summed E-state index contributed by atoms with van der Waals surface area (Å²) in [5.74, 6) is 0.0260. The number of nitrogens with two attached hydrogens (primary N) is 1. The SMILES string of the molecule is Nc1cc2cc(Br)c(F)cn2n1. The van der Waals surface area contributed by atoms with Gasteiger partial charge in [-0.3, -0.25) is 0 Å². The number of nitrogens with zero attached hydrogens (tertiary/aromatic N) is 2. The monoisotopic (exact) mass is 229 g/mol. The minimum Gasteiger partial charge on any atom is -0.382 e. The summed E-state index contributed by atoms with van der Waals surface area (Å²) in [4.78, 5) is 0. The molecule has 2 N–H and O–H groups in total. The highest BCUT2D eigenvalue weighted by Gasteiger charge is 2.03. The minimum atomic E-state index is -0.356. The summed E-state index contributed by atoms with van der Waals surface area (Å²) >= 11 is 3.07. The van der Waals surface area contributed by atoms with Crippen molar-refractivity contribution in [3.05, 3.63) is 28.6 Å². The van der Waals surface area contributed by atoms with E-state index < -0.39 is 0 Å². The van der Waals surface area contributed by atoms with E-state index in [-0.39, 0.29) is 5.82 Å². The molecular weight excluding hydrogens is 225 g/mol. The van der Waals surface area contributed by atoms with Gasteiger partial charge in [0, 0.05) is 6.07 Å². The first kappa shape index (κ1) is 7.54. The lowest BCUT2D eigenvalue weighted by atomic mass is 10.4. The van der Waals surface area contributed by atoms with E-state index in [2.05, 4.69) is 21.0 Å². The molecule has 0 fully saturated rings. The number of hydrogen-bond acceptors (Lipinski definition) is 2. The Morgan fingerprint density at radius 2 is 2.25 bits per heavy atom. The molecule has 0 aliphatic carbocycles. The van der Waals surface area contributed by atoms with E-state index in [1.807, 2.05) is 0 Å². The molecule has 5 heteroatoms. The predicted molar refractivity (Wildman–Crippen MR) is 47.3 cm³/mol. The summed E-state index contributed by atoms with van der Waals surface area (Å²) in [6.45, 7) is 0. The van der Waals surface area contributed by atoms with Crippen LogP contribution in [0.15, 0.2) is 22.8 Å². The molecule has 62 valence electrons. The number of anilines is 1. The van der Waals surface area contributed by atoms with E-state index in [1.54, 1.807) is 12.1 Å². The fourth-order valence-corrected chi connectivity index (χ4v) is 1.34. The largest absolute Gasteiger partial charge is 0.382 e. The summed E-state index contributed by atoms with van der Waals surface area (Å²) in [5, 5.41) is 3.85. The predicted octanol–water partition coefficient (Wildman–Crippen LogP) is 1.82. The van der Waals surface area contributed by atoms with Crippen molar-refractivity contribution < 1.29 is 4.39 Å². The topological polar surface area (TPSA) is 43.3 Å². The quantitative estimate of drug-likeness (QED) is 0.749. The Kier molecular flexibility index (Phi) is 1.54. The van der Waals surface area contributed by atoms with E-state index in [9.17, 15) is 4.39 Å². The van der Waals surface area contributed by atoms with Crippen LogP contribution in [-0.2, 0) is 0 Å². The molecule has 0 bridgehead atoms. The van der Waals surface area contributed by atoms with Gasteiger partial charge in [-0.1, -0.05) is 0 Å². The normalized spacial score (nSPS) is 10.8. The van der Waals surface area contributed by atoms with Gasteiger partial charge in [0.1, 0.15) is 5.82 Å². The van der Waals surface area contributed by atoms with Crippen LogP contribution in [0.3, 0.4) is 0 Å². The average molecular weight is 230 g/mol. The number of nitrogen functional groups attached to an aromatic ring is 1. The lowest BCUT2D eigenvalue weighted by Crippen LogP contribution is -1.91. The molecule has 0 saturated heterocycles. The lowest BCUT2D eigenvalue weighted by Gasteiger charge is -1.94. The molecule has 0 amide bonds. The molecule has 2 rings (SSSR count). The zero-order valence-corrected chi connectivity index (χ0v) is 7.55. The van der Waals surface area contributed by atoms with Crippen molar-refractivity contribution in [2.75, 3.05) is 5.73 Å². The summed E-state index contributed by atoms with van der Waals surface area (Å²) in [6.07, 6.45) is 1.27. The molecule has 2 aromatic heterocycles. The number of fused-ring (bicyclic) bond motifs is 1. The Morgan fingerprint density at radius 1 is 1.50 bits per heavy atom. The van der Waals surface area contributed by atoms with Crippen molar-refractivity contribution in [2.45, 2.75) is 0 Å². The van der Waals surface area contributed by atoms with Crippen LogP contribution in [-0.4, -0.2) is 9.61 Å². The number of aromatic nitrogens is 2. The molecule has 0 atom stereocenters. The Labute approximate surface area is 76.1 Å². The maximum absolute atomic E-state index is 12.9. The molecule has 0 spiro atoms. The van der Waals surface area contributed by atoms with Gasteiger partial charge in [0.15, 0.2) is 5.82 Å². The second-order valence-electron chi connectivity index (χ2n) is 2.41. The first-order valence-corrected chi connectivity index (χ1v) is 4.06. The van der Waals surface area contributed by atoms with E-state index in [0.717, 1.165) is 5.52 Å². The van der Waals surface area contributed by atoms with Crippen LogP contribution in [0.1, 0.15) is 0 Å². The Balaban J connectivity index is 2.83. The van der Waals surface area contributed by atoms with Gasteiger partial charge >= 0.3 is 0 Å². The van der Waals surface area contributed by atoms with Crippen LogP contribution >= 0.6 is 15.9 Å².